The number of carbonyl (C=O) groups is 5. The number of nitrogens with one attached hydrogen (secondary N) is 4. The molecule has 2 aromatic rings. The highest BCUT2D eigenvalue weighted by atomic mass is 16.5. The molecule has 0 radical (unpaired) electrons. The number of carbonyl (C=O) groups excluding carboxylic acids is 4. The van der Waals surface area contributed by atoms with Crippen LogP contribution in [-0.4, -0.2) is 65.1 Å². The minimum atomic E-state index is -1.37. The number of rotatable bonds is 11. The van der Waals surface area contributed by atoms with Crippen LogP contribution >= 0.6 is 0 Å². The van der Waals surface area contributed by atoms with E-state index in [1.807, 2.05) is 30.3 Å². The minimum absolute atomic E-state index is 0.208. The fraction of sp³-hybridized carbons (Fsp3) is 0.208. The molecule has 2 atom stereocenters. The molecule has 36 heavy (non-hydrogen) atoms. The van der Waals surface area contributed by atoms with E-state index in [2.05, 4.69) is 27.8 Å². The molecule has 12 heteroatoms. The summed E-state index contributed by atoms with van der Waals surface area (Å²) in [5.41, 5.74) is 8.08. The molecule has 188 valence electrons. The quantitative estimate of drug-likeness (QED) is 0.114. The highest BCUT2D eigenvalue weighted by Gasteiger charge is 2.23. The number of carboxylic acid groups (broad SMARTS) is 1. The first-order chi connectivity index (χ1) is 17.2. The average Bonchev–Trinajstić information content (AvgIpc) is 2.87. The van der Waals surface area contributed by atoms with E-state index in [9.17, 15) is 24.0 Å². The number of hydrogen-bond donors (Lipinski definition) is 7. The summed E-state index contributed by atoms with van der Waals surface area (Å²) in [6, 6.07) is 12.9. The van der Waals surface area contributed by atoms with E-state index in [0.717, 1.165) is 5.56 Å². The zero-order valence-electron chi connectivity index (χ0n) is 19.0. The van der Waals surface area contributed by atoms with Crippen molar-refractivity contribution in [3.8, 4) is 11.8 Å². The van der Waals surface area contributed by atoms with E-state index in [-0.39, 0.29) is 5.56 Å². The molecular formula is C24H25N5O7. The van der Waals surface area contributed by atoms with Crippen LogP contribution in [0.15, 0.2) is 54.6 Å². The summed E-state index contributed by atoms with van der Waals surface area (Å²) >= 11 is 0. The Bertz CT molecular complexity index is 1160. The largest absolute Gasteiger partial charge is 0.480 e. The van der Waals surface area contributed by atoms with Crippen molar-refractivity contribution < 1.29 is 34.3 Å². The van der Waals surface area contributed by atoms with Gasteiger partial charge in [-0.2, -0.15) is 0 Å². The van der Waals surface area contributed by atoms with Gasteiger partial charge in [0.15, 0.2) is 0 Å². The molecule has 0 fully saturated rings. The molecule has 0 saturated carbocycles. The van der Waals surface area contributed by atoms with Crippen LogP contribution < -0.4 is 27.2 Å². The third-order valence-corrected chi connectivity index (χ3v) is 4.72. The van der Waals surface area contributed by atoms with Crippen molar-refractivity contribution in [1.82, 2.24) is 21.4 Å². The standard InChI is InChI=1S/C24H25N5O7/c25-20(30)12-18(24(34)35)26-14-21(31)27-13-19(23(33)29-36)28-22(32)17-10-8-16(9-11-17)7-6-15-4-2-1-3-5-15/h1-5,8-11,18-19,26,36H,12-14H2,(H2,25,30)(H,27,31)(H,28,32)(H,29,33)(H,34,35)/t18?,19-/m0/s1. The molecule has 0 saturated heterocycles. The van der Waals surface area contributed by atoms with Crippen molar-refractivity contribution in [2.24, 2.45) is 5.73 Å². The molecule has 0 spiro atoms. The molecule has 0 aliphatic carbocycles. The summed E-state index contributed by atoms with van der Waals surface area (Å²) in [4.78, 5) is 58.5. The average molecular weight is 495 g/mol. The minimum Gasteiger partial charge on any atom is -0.480 e. The third-order valence-electron chi connectivity index (χ3n) is 4.72. The highest BCUT2D eigenvalue weighted by molar-refractivity contribution is 5.97. The molecule has 2 aromatic carbocycles. The van der Waals surface area contributed by atoms with Gasteiger partial charge in [0.25, 0.3) is 11.8 Å². The monoisotopic (exact) mass is 495 g/mol. The Kier molecular flexibility index (Phi) is 10.6. The van der Waals surface area contributed by atoms with Crippen molar-refractivity contribution in [3.63, 3.8) is 0 Å². The van der Waals surface area contributed by atoms with E-state index in [1.54, 1.807) is 12.1 Å². The lowest BCUT2D eigenvalue weighted by Crippen LogP contribution is -2.53. The van der Waals surface area contributed by atoms with E-state index in [1.165, 1.54) is 17.6 Å². The number of primary amides is 1. The molecule has 0 bridgehead atoms. The van der Waals surface area contributed by atoms with Crippen LogP contribution in [0.25, 0.3) is 0 Å². The second-order valence-corrected chi connectivity index (χ2v) is 7.44. The van der Waals surface area contributed by atoms with Crippen molar-refractivity contribution in [3.05, 3.63) is 71.3 Å². The second-order valence-electron chi connectivity index (χ2n) is 7.44. The second kappa shape index (κ2) is 13.9. The van der Waals surface area contributed by atoms with Gasteiger partial charge in [-0.05, 0) is 36.4 Å². The first-order valence-electron chi connectivity index (χ1n) is 10.6. The Morgan fingerprint density at radius 1 is 0.889 bits per heavy atom. The zero-order valence-corrected chi connectivity index (χ0v) is 19.0. The van der Waals surface area contributed by atoms with Gasteiger partial charge >= 0.3 is 5.97 Å². The first-order valence-corrected chi connectivity index (χ1v) is 10.6. The van der Waals surface area contributed by atoms with Crippen molar-refractivity contribution in [1.29, 1.82) is 0 Å². The lowest BCUT2D eigenvalue weighted by atomic mass is 10.1. The summed E-state index contributed by atoms with van der Waals surface area (Å²) < 4.78 is 0. The Labute approximate surface area is 206 Å². The molecule has 1 unspecified atom stereocenters. The van der Waals surface area contributed by atoms with Gasteiger partial charge in [-0.1, -0.05) is 30.0 Å². The maximum absolute atomic E-state index is 12.6. The van der Waals surface area contributed by atoms with Crippen LogP contribution in [0.4, 0.5) is 0 Å². The van der Waals surface area contributed by atoms with Gasteiger partial charge in [-0.15, -0.1) is 0 Å². The van der Waals surface area contributed by atoms with E-state index in [0.29, 0.717) is 5.56 Å². The Hall–Kier alpha value is -4.73. The molecule has 0 aliphatic rings. The fourth-order valence-electron chi connectivity index (χ4n) is 2.84. The predicted molar refractivity (Wildman–Crippen MR) is 126 cm³/mol. The lowest BCUT2D eigenvalue weighted by molar-refractivity contribution is -0.141. The number of amides is 4. The summed E-state index contributed by atoms with van der Waals surface area (Å²) in [5.74, 6) is 1.37. The number of hydrogen-bond acceptors (Lipinski definition) is 7. The van der Waals surface area contributed by atoms with Crippen LogP contribution in [0, 0.1) is 11.8 Å². The van der Waals surface area contributed by atoms with Gasteiger partial charge < -0.3 is 21.5 Å². The van der Waals surface area contributed by atoms with E-state index < -0.39 is 61.2 Å². The fourth-order valence-corrected chi connectivity index (χ4v) is 2.84. The van der Waals surface area contributed by atoms with Crippen LogP contribution in [0.1, 0.15) is 27.9 Å². The van der Waals surface area contributed by atoms with Gasteiger partial charge in [0.2, 0.25) is 11.8 Å². The van der Waals surface area contributed by atoms with Crippen molar-refractivity contribution in [2.75, 3.05) is 13.1 Å². The topological polar surface area (TPSA) is 200 Å². The van der Waals surface area contributed by atoms with Crippen LogP contribution in [0.5, 0.6) is 0 Å². The number of benzene rings is 2. The molecule has 0 aromatic heterocycles. The van der Waals surface area contributed by atoms with Gasteiger partial charge in [0, 0.05) is 23.2 Å². The number of hydroxylamine groups is 1. The summed E-state index contributed by atoms with van der Waals surface area (Å²) in [5, 5.41) is 25.1. The molecule has 12 nitrogen and oxygen atoms in total. The highest BCUT2D eigenvalue weighted by Crippen LogP contribution is 2.05. The van der Waals surface area contributed by atoms with Gasteiger partial charge in [0.05, 0.1) is 13.0 Å². The van der Waals surface area contributed by atoms with Crippen LogP contribution in [0.3, 0.4) is 0 Å². The number of carboxylic acids is 1. The molecule has 0 aliphatic heterocycles. The maximum Gasteiger partial charge on any atom is 0.321 e. The van der Waals surface area contributed by atoms with E-state index >= 15 is 0 Å². The van der Waals surface area contributed by atoms with Gasteiger partial charge in [-0.25, -0.2) is 5.48 Å². The van der Waals surface area contributed by atoms with Crippen LogP contribution in [-0.2, 0) is 19.2 Å². The predicted octanol–water partition coefficient (Wildman–Crippen LogP) is -1.28. The van der Waals surface area contributed by atoms with Gasteiger partial charge in [0.1, 0.15) is 12.1 Å². The molecule has 8 N–H and O–H groups in total. The SMILES string of the molecule is NC(=O)CC(NCC(=O)NC[C@H](NC(=O)c1ccc(C#Cc2ccccc2)cc1)C(=O)NO)C(=O)O. The first kappa shape index (κ1) is 27.5. The van der Waals surface area contributed by atoms with Crippen molar-refractivity contribution in [2.45, 2.75) is 18.5 Å². The maximum atomic E-state index is 12.6. The number of nitrogens with two attached hydrogens (primary N) is 1. The summed E-state index contributed by atoms with van der Waals surface area (Å²) in [6.45, 7) is -0.913. The number of aliphatic carboxylic acids is 1. The lowest BCUT2D eigenvalue weighted by Gasteiger charge is -2.18. The third kappa shape index (κ3) is 9.26. The van der Waals surface area contributed by atoms with Crippen LogP contribution in [0.2, 0.25) is 0 Å². The summed E-state index contributed by atoms with van der Waals surface area (Å²) in [7, 11) is 0. The van der Waals surface area contributed by atoms with Crippen molar-refractivity contribution >= 4 is 29.6 Å². The van der Waals surface area contributed by atoms with Gasteiger partial charge in [-0.3, -0.25) is 34.5 Å². The molecular weight excluding hydrogens is 470 g/mol. The Morgan fingerprint density at radius 3 is 2.06 bits per heavy atom. The molecule has 4 amide bonds. The Balaban J connectivity index is 1.94. The Morgan fingerprint density at radius 2 is 1.50 bits per heavy atom. The van der Waals surface area contributed by atoms with E-state index in [4.69, 9.17) is 16.0 Å². The zero-order chi connectivity index (χ0) is 26.5. The molecule has 0 heterocycles. The smallest absolute Gasteiger partial charge is 0.321 e. The summed E-state index contributed by atoms with van der Waals surface area (Å²) in [6.07, 6.45) is -0.523. The molecule has 2 rings (SSSR count). The normalized spacial score (nSPS) is 11.7.